The molecule has 2 unspecified atom stereocenters. The van der Waals surface area contributed by atoms with E-state index in [9.17, 15) is 4.79 Å². The van der Waals surface area contributed by atoms with Crippen LogP contribution in [0.1, 0.15) is 36.6 Å². The van der Waals surface area contributed by atoms with Gasteiger partial charge < -0.3 is 14.8 Å². The lowest BCUT2D eigenvalue weighted by molar-refractivity contribution is -0.147. The summed E-state index contributed by atoms with van der Waals surface area (Å²) in [5.41, 5.74) is 2.66. The molecule has 1 aliphatic heterocycles. The van der Waals surface area contributed by atoms with E-state index < -0.39 is 0 Å². The van der Waals surface area contributed by atoms with E-state index in [2.05, 4.69) is 5.32 Å². The molecule has 3 rings (SSSR count). The molecule has 0 saturated carbocycles. The number of thiocarbonyl (C=S) groups is 1. The number of hydrogen-bond donors (Lipinski definition) is 1. The van der Waals surface area contributed by atoms with Crippen molar-refractivity contribution in [1.82, 2.24) is 0 Å². The van der Waals surface area contributed by atoms with Gasteiger partial charge in [-0.15, -0.1) is 11.8 Å². The second kappa shape index (κ2) is 9.56. The molecule has 4 nitrogen and oxygen atoms in total. The van der Waals surface area contributed by atoms with Crippen molar-refractivity contribution < 1.29 is 14.3 Å². The lowest BCUT2D eigenvalue weighted by Crippen LogP contribution is -2.26. The Labute approximate surface area is 190 Å². The summed E-state index contributed by atoms with van der Waals surface area (Å²) in [4.78, 5) is 12.9. The van der Waals surface area contributed by atoms with Crippen LogP contribution in [-0.2, 0) is 9.53 Å². The van der Waals surface area contributed by atoms with Crippen LogP contribution in [0.15, 0.2) is 36.4 Å². The maximum Gasteiger partial charge on any atom is 0.307 e. The van der Waals surface area contributed by atoms with Gasteiger partial charge in [0.1, 0.15) is 5.75 Å². The van der Waals surface area contributed by atoms with Gasteiger partial charge >= 0.3 is 5.97 Å². The van der Waals surface area contributed by atoms with Crippen molar-refractivity contribution in [2.75, 3.05) is 12.4 Å². The number of carbonyl (C=O) groups is 1. The third kappa shape index (κ3) is 5.18. The molecule has 1 heterocycles. The Balaban J connectivity index is 2.05. The number of rotatable bonds is 5. The molecule has 29 heavy (non-hydrogen) atoms. The molecule has 8 heteroatoms. The fraction of sp³-hybridized carbons (Fsp3) is 0.333. The third-order valence-corrected chi connectivity index (χ3v) is 7.05. The molecule has 2 aromatic rings. The van der Waals surface area contributed by atoms with Crippen LogP contribution in [0.25, 0.3) is 0 Å². The predicted molar refractivity (Wildman–Crippen MR) is 125 cm³/mol. The minimum absolute atomic E-state index is 0.161. The number of ether oxygens (including phenoxy) is 2. The Hall–Kier alpha value is -1.47. The van der Waals surface area contributed by atoms with Gasteiger partial charge in [0.2, 0.25) is 0 Å². The van der Waals surface area contributed by atoms with Crippen molar-refractivity contribution in [2.24, 2.45) is 0 Å². The van der Waals surface area contributed by atoms with Gasteiger partial charge in [-0.3, -0.25) is 4.79 Å². The van der Waals surface area contributed by atoms with Crippen LogP contribution in [0, 0.1) is 0 Å². The first kappa shape index (κ1) is 22.2. The van der Waals surface area contributed by atoms with Gasteiger partial charge in [-0.25, -0.2) is 0 Å². The maximum absolute atomic E-state index is 12.3. The van der Waals surface area contributed by atoms with Gasteiger partial charge in [-0.1, -0.05) is 47.6 Å². The monoisotopic (exact) mass is 469 g/mol. The zero-order chi connectivity index (χ0) is 21.1. The lowest BCUT2D eigenvalue weighted by Gasteiger charge is -2.22. The highest BCUT2D eigenvalue weighted by Gasteiger charge is 2.33. The molecule has 0 amide bonds. The van der Waals surface area contributed by atoms with Crippen molar-refractivity contribution in [3.8, 4) is 5.75 Å². The van der Waals surface area contributed by atoms with Crippen LogP contribution >= 0.6 is 47.2 Å². The molecular weight excluding hydrogens is 449 g/mol. The summed E-state index contributed by atoms with van der Waals surface area (Å²) in [7, 11) is 1.58. The van der Waals surface area contributed by atoms with Gasteiger partial charge in [-0.2, -0.15) is 0 Å². The average Bonchev–Trinajstić information content (AvgIpc) is 2.78. The van der Waals surface area contributed by atoms with Crippen molar-refractivity contribution in [1.29, 1.82) is 0 Å². The summed E-state index contributed by atoms with van der Waals surface area (Å²) in [5.74, 6) is 0.296. The Morgan fingerprint density at radius 2 is 2.00 bits per heavy atom. The van der Waals surface area contributed by atoms with E-state index in [-0.39, 0.29) is 29.0 Å². The number of hydrogen-bond acceptors (Lipinski definition) is 5. The summed E-state index contributed by atoms with van der Waals surface area (Å²) < 4.78 is 10.7. The highest BCUT2D eigenvalue weighted by Crippen LogP contribution is 2.49. The van der Waals surface area contributed by atoms with E-state index in [4.69, 9.17) is 44.9 Å². The van der Waals surface area contributed by atoms with Gasteiger partial charge in [0.15, 0.2) is 0 Å². The summed E-state index contributed by atoms with van der Waals surface area (Å²) in [6.07, 6.45) is -0.0199. The number of methoxy groups -OCH3 is 1. The Morgan fingerprint density at radius 3 is 2.69 bits per heavy atom. The van der Waals surface area contributed by atoms with E-state index in [0.717, 1.165) is 16.8 Å². The second-order valence-electron chi connectivity index (χ2n) is 6.83. The van der Waals surface area contributed by atoms with Gasteiger partial charge in [0.05, 0.1) is 40.1 Å². The first-order chi connectivity index (χ1) is 13.8. The summed E-state index contributed by atoms with van der Waals surface area (Å²) in [6, 6.07) is 11.2. The Kier molecular flexibility index (Phi) is 7.32. The van der Waals surface area contributed by atoms with Crippen molar-refractivity contribution in [2.45, 2.75) is 36.9 Å². The van der Waals surface area contributed by atoms with Crippen LogP contribution in [0.4, 0.5) is 5.69 Å². The van der Waals surface area contributed by atoms with E-state index in [1.165, 1.54) is 0 Å². The smallest absolute Gasteiger partial charge is 0.307 e. The first-order valence-electron chi connectivity index (χ1n) is 9.07. The molecule has 0 saturated heterocycles. The number of nitrogens with one attached hydrogen (secondary N) is 1. The SMILES string of the molecule is COc1cccc(C2SC(CC(=O)OC(C)C)C(=S)Nc3ccc(Cl)cc32)c1Cl. The molecule has 0 aromatic heterocycles. The minimum atomic E-state index is -0.291. The number of carbonyl (C=O) groups excluding carboxylic acids is 1. The van der Waals surface area contributed by atoms with E-state index in [1.807, 2.05) is 44.2 Å². The van der Waals surface area contributed by atoms with Crippen molar-refractivity contribution in [3.63, 3.8) is 0 Å². The largest absolute Gasteiger partial charge is 0.495 e. The molecular formula is C21H21Cl2NO3S2. The van der Waals surface area contributed by atoms with E-state index >= 15 is 0 Å². The van der Waals surface area contributed by atoms with Crippen LogP contribution in [0.3, 0.4) is 0 Å². The second-order valence-corrected chi connectivity index (χ2v) is 9.40. The summed E-state index contributed by atoms with van der Waals surface area (Å²) in [5, 5.41) is 3.93. The zero-order valence-corrected chi connectivity index (χ0v) is 19.3. The molecule has 2 atom stereocenters. The van der Waals surface area contributed by atoms with E-state index in [0.29, 0.717) is 20.8 Å². The van der Waals surface area contributed by atoms with Gasteiger partial charge in [0, 0.05) is 10.7 Å². The lowest BCUT2D eigenvalue weighted by atomic mass is 10.0. The Morgan fingerprint density at radius 1 is 1.24 bits per heavy atom. The van der Waals surface area contributed by atoms with E-state index in [1.54, 1.807) is 24.9 Å². The molecule has 0 bridgehead atoms. The van der Waals surface area contributed by atoms with Crippen LogP contribution < -0.4 is 10.1 Å². The fourth-order valence-corrected chi connectivity index (χ4v) is 5.45. The number of anilines is 1. The fourth-order valence-electron chi connectivity index (χ4n) is 3.11. The van der Waals surface area contributed by atoms with Crippen LogP contribution in [-0.4, -0.2) is 29.4 Å². The normalized spacial score (nSPS) is 18.6. The van der Waals surface area contributed by atoms with Crippen LogP contribution in [0.2, 0.25) is 10.0 Å². The molecule has 0 aliphatic carbocycles. The molecule has 1 aliphatic rings. The maximum atomic E-state index is 12.3. The van der Waals surface area contributed by atoms with Gasteiger partial charge in [0.25, 0.3) is 0 Å². The van der Waals surface area contributed by atoms with Crippen molar-refractivity contribution in [3.05, 3.63) is 57.6 Å². The standard InChI is InChI=1S/C21H21Cl2NO3S2/c1-11(2)27-18(25)10-17-21(28)24-15-8-7-12(22)9-14(15)20(29-17)13-5-4-6-16(26-3)19(13)23/h4-9,11,17,20H,10H2,1-3H3,(H,24,28). The minimum Gasteiger partial charge on any atom is -0.495 e. The number of fused-ring (bicyclic) bond motifs is 1. The molecule has 154 valence electrons. The third-order valence-electron chi connectivity index (χ3n) is 4.36. The molecule has 0 spiro atoms. The number of benzene rings is 2. The number of esters is 1. The van der Waals surface area contributed by atoms with Crippen molar-refractivity contribution >= 4 is 63.8 Å². The molecule has 0 radical (unpaired) electrons. The first-order valence-corrected chi connectivity index (χ1v) is 11.2. The molecule has 0 fully saturated rings. The number of thioether (sulfide) groups is 1. The Bertz CT molecular complexity index is 936. The average molecular weight is 470 g/mol. The highest BCUT2D eigenvalue weighted by atomic mass is 35.5. The predicted octanol–water partition coefficient (Wildman–Crippen LogP) is 6.29. The highest BCUT2D eigenvalue weighted by molar-refractivity contribution is 8.02. The summed E-state index contributed by atoms with van der Waals surface area (Å²) >= 11 is 20.1. The molecule has 1 N–H and O–H groups in total. The quantitative estimate of drug-likeness (QED) is 0.410. The van der Waals surface area contributed by atoms with Gasteiger partial charge in [-0.05, 0) is 49.2 Å². The topological polar surface area (TPSA) is 47.6 Å². The number of halogens is 2. The molecule has 2 aromatic carbocycles. The zero-order valence-electron chi connectivity index (χ0n) is 16.2. The van der Waals surface area contributed by atoms with Crippen LogP contribution in [0.5, 0.6) is 5.75 Å². The summed E-state index contributed by atoms with van der Waals surface area (Å²) in [6.45, 7) is 3.65.